The highest BCUT2D eigenvalue weighted by Gasteiger charge is 2.08. The van der Waals surface area contributed by atoms with Gasteiger partial charge in [-0.3, -0.25) is 0 Å². The third-order valence-electron chi connectivity index (χ3n) is 2.21. The third-order valence-corrected chi connectivity index (χ3v) is 2.75. The van der Waals surface area contributed by atoms with E-state index in [2.05, 4.69) is 19.2 Å². The molecule has 1 rings (SSSR count). The molecule has 1 atom stereocenters. The number of rotatable bonds is 6. The first-order chi connectivity index (χ1) is 7.99. The molecule has 1 aromatic rings. The second-order valence-corrected chi connectivity index (χ2v) is 5.40. The van der Waals surface area contributed by atoms with Crippen molar-refractivity contribution in [2.24, 2.45) is 5.92 Å². The average molecular weight is 276 g/mol. The lowest BCUT2D eigenvalue weighted by molar-refractivity contribution is 0.216. The fourth-order valence-electron chi connectivity index (χ4n) is 1.40. The molecule has 0 aliphatic heterocycles. The molecule has 0 bridgehead atoms. The summed E-state index contributed by atoms with van der Waals surface area (Å²) in [5.74, 6) is 1.27. The summed E-state index contributed by atoms with van der Waals surface area (Å²) in [5.41, 5.74) is 0. The van der Waals surface area contributed by atoms with Gasteiger partial charge in [0.15, 0.2) is 0 Å². The van der Waals surface area contributed by atoms with Crippen LogP contribution in [-0.4, -0.2) is 19.2 Å². The van der Waals surface area contributed by atoms with Gasteiger partial charge in [-0.25, -0.2) is 0 Å². The van der Waals surface area contributed by atoms with Crippen LogP contribution < -0.4 is 10.1 Å². The molecule has 0 saturated carbocycles. The van der Waals surface area contributed by atoms with Gasteiger partial charge in [0.05, 0.1) is 5.02 Å². The molecule has 17 heavy (non-hydrogen) atoms. The minimum atomic E-state index is 0.0599. The fourth-order valence-corrected chi connectivity index (χ4v) is 1.73. The zero-order valence-electron chi connectivity index (χ0n) is 10.5. The van der Waals surface area contributed by atoms with Crippen LogP contribution in [0.15, 0.2) is 18.2 Å². The van der Waals surface area contributed by atoms with E-state index in [1.165, 1.54) is 0 Å². The fraction of sp³-hybridized carbons (Fsp3) is 0.538. The molecule has 2 nitrogen and oxygen atoms in total. The monoisotopic (exact) mass is 275 g/mol. The number of hydrogen-bond donors (Lipinski definition) is 1. The van der Waals surface area contributed by atoms with E-state index in [9.17, 15) is 0 Å². The van der Waals surface area contributed by atoms with Crippen LogP contribution in [0.5, 0.6) is 5.75 Å². The highest BCUT2D eigenvalue weighted by atomic mass is 35.5. The van der Waals surface area contributed by atoms with Crippen molar-refractivity contribution in [2.75, 3.05) is 13.1 Å². The summed E-state index contributed by atoms with van der Waals surface area (Å²) < 4.78 is 5.73. The average Bonchev–Trinajstić information content (AvgIpc) is 2.23. The Hall–Kier alpha value is -0.440. The number of benzene rings is 1. The van der Waals surface area contributed by atoms with Gasteiger partial charge < -0.3 is 10.1 Å². The highest BCUT2D eigenvalue weighted by Crippen LogP contribution is 2.28. The van der Waals surface area contributed by atoms with Crippen molar-refractivity contribution < 1.29 is 4.74 Å². The number of nitrogens with one attached hydrogen (secondary N) is 1. The molecule has 0 amide bonds. The first-order valence-electron chi connectivity index (χ1n) is 5.81. The molecule has 1 N–H and O–H groups in total. The Labute approximate surface area is 113 Å². The Balaban J connectivity index is 2.44. The van der Waals surface area contributed by atoms with E-state index >= 15 is 0 Å². The lowest BCUT2D eigenvalue weighted by atomic mass is 10.2. The molecule has 0 radical (unpaired) electrons. The van der Waals surface area contributed by atoms with E-state index in [1.54, 1.807) is 18.2 Å². The molecular formula is C13H19Cl2NO. The van der Waals surface area contributed by atoms with Gasteiger partial charge in [-0.1, -0.05) is 37.0 Å². The van der Waals surface area contributed by atoms with E-state index in [0.717, 1.165) is 13.1 Å². The zero-order valence-corrected chi connectivity index (χ0v) is 12.0. The van der Waals surface area contributed by atoms with E-state index in [-0.39, 0.29) is 6.10 Å². The van der Waals surface area contributed by atoms with Gasteiger partial charge in [0.25, 0.3) is 0 Å². The largest absolute Gasteiger partial charge is 0.488 e. The van der Waals surface area contributed by atoms with Crippen LogP contribution >= 0.6 is 23.2 Å². The maximum atomic E-state index is 6.02. The minimum Gasteiger partial charge on any atom is -0.488 e. The first kappa shape index (κ1) is 14.6. The molecule has 0 saturated heterocycles. The standard InChI is InChI=1S/C13H19Cl2NO/c1-9(2)7-16-8-10(3)17-13-6-11(14)4-5-12(13)15/h4-6,9-10,16H,7-8H2,1-3H3. The van der Waals surface area contributed by atoms with Gasteiger partial charge in [0, 0.05) is 17.6 Å². The van der Waals surface area contributed by atoms with Crippen LogP contribution in [0, 0.1) is 5.92 Å². The van der Waals surface area contributed by atoms with Gasteiger partial charge in [-0.05, 0) is 31.5 Å². The Morgan fingerprint density at radius 1 is 1.18 bits per heavy atom. The molecule has 4 heteroatoms. The van der Waals surface area contributed by atoms with Crippen molar-refractivity contribution in [3.05, 3.63) is 28.2 Å². The second-order valence-electron chi connectivity index (χ2n) is 4.56. The molecule has 0 spiro atoms. The Morgan fingerprint density at radius 2 is 1.88 bits per heavy atom. The number of ether oxygens (including phenoxy) is 1. The van der Waals surface area contributed by atoms with Crippen LogP contribution in [-0.2, 0) is 0 Å². The van der Waals surface area contributed by atoms with Crippen LogP contribution in [0.2, 0.25) is 10.0 Å². The van der Waals surface area contributed by atoms with Crippen LogP contribution in [0.3, 0.4) is 0 Å². The maximum Gasteiger partial charge on any atom is 0.139 e. The molecule has 0 heterocycles. The molecule has 96 valence electrons. The summed E-state index contributed by atoms with van der Waals surface area (Å²) in [6.45, 7) is 8.13. The summed E-state index contributed by atoms with van der Waals surface area (Å²) >= 11 is 11.9. The predicted molar refractivity (Wildman–Crippen MR) is 74.3 cm³/mol. The SMILES string of the molecule is CC(C)CNCC(C)Oc1cc(Cl)ccc1Cl. The van der Waals surface area contributed by atoms with E-state index in [4.69, 9.17) is 27.9 Å². The van der Waals surface area contributed by atoms with E-state index in [0.29, 0.717) is 21.7 Å². The van der Waals surface area contributed by atoms with Crippen LogP contribution in [0.4, 0.5) is 0 Å². The van der Waals surface area contributed by atoms with Crippen LogP contribution in [0.1, 0.15) is 20.8 Å². The van der Waals surface area contributed by atoms with Gasteiger partial charge >= 0.3 is 0 Å². The Bertz CT molecular complexity index is 355. The summed E-state index contributed by atoms with van der Waals surface area (Å²) in [7, 11) is 0. The van der Waals surface area contributed by atoms with E-state index < -0.39 is 0 Å². The van der Waals surface area contributed by atoms with Crippen molar-refractivity contribution in [3.63, 3.8) is 0 Å². The first-order valence-corrected chi connectivity index (χ1v) is 6.57. The number of halogens is 2. The molecule has 1 aromatic carbocycles. The van der Waals surface area contributed by atoms with Gasteiger partial charge in [-0.2, -0.15) is 0 Å². The molecule has 1 unspecified atom stereocenters. The summed E-state index contributed by atoms with van der Waals surface area (Å²) in [4.78, 5) is 0. The normalized spacial score (nSPS) is 12.8. The van der Waals surface area contributed by atoms with Gasteiger partial charge in [0.2, 0.25) is 0 Å². The van der Waals surface area contributed by atoms with Crippen molar-refractivity contribution >= 4 is 23.2 Å². The van der Waals surface area contributed by atoms with Crippen molar-refractivity contribution in [1.82, 2.24) is 5.32 Å². The minimum absolute atomic E-state index is 0.0599. The molecule has 0 aliphatic rings. The van der Waals surface area contributed by atoms with Gasteiger partial charge in [-0.15, -0.1) is 0 Å². The van der Waals surface area contributed by atoms with Gasteiger partial charge in [0.1, 0.15) is 11.9 Å². The van der Waals surface area contributed by atoms with Crippen molar-refractivity contribution in [2.45, 2.75) is 26.9 Å². The smallest absolute Gasteiger partial charge is 0.139 e. The second kappa shape index (κ2) is 7.10. The highest BCUT2D eigenvalue weighted by molar-refractivity contribution is 6.34. The number of hydrogen-bond acceptors (Lipinski definition) is 2. The molecule has 0 aliphatic carbocycles. The Kier molecular flexibility index (Phi) is 6.10. The molecule has 0 fully saturated rings. The lowest BCUT2D eigenvalue weighted by Crippen LogP contribution is -2.31. The quantitative estimate of drug-likeness (QED) is 0.847. The van der Waals surface area contributed by atoms with Crippen molar-refractivity contribution in [3.8, 4) is 5.75 Å². The molecule has 0 aromatic heterocycles. The summed E-state index contributed by atoms with van der Waals surface area (Å²) in [5, 5.41) is 4.56. The predicted octanol–water partition coefficient (Wildman–Crippen LogP) is 4.01. The summed E-state index contributed by atoms with van der Waals surface area (Å²) in [6, 6.07) is 5.23. The Morgan fingerprint density at radius 3 is 2.53 bits per heavy atom. The zero-order chi connectivity index (χ0) is 12.8. The maximum absolute atomic E-state index is 6.02. The summed E-state index contributed by atoms with van der Waals surface area (Å²) in [6.07, 6.45) is 0.0599. The van der Waals surface area contributed by atoms with Crippen LogP contribution in [0.25, 0.3) is 0 Å². The molecular weight excluding hydrogens is 257 g/mol. The van der Waals surface area contributed by atoms with E-state index in [1.807, 2.05) is 6.92 Å². The topological polar surface area (TPSA) is 21.3 Å². The van der Waals surface area contributed by atoms with Crippen molar-refractivity contribution in [1.29, 1.82) is 0 Å². The third kappa shape index (κ3) is 5.62. The lowest BCUT2D eigenvalue weighted by Gasteiger charge is -2.17.